The number of carbonyl (C=O) groups is 2. The predicted molar refractivity (Wildman–Crippen MR) is 156 cm³/mol. The van der Waals surface area contributed by atoms with Crippen LogP contribution in [0.15, 0.2) is 77.3 Å². The van der Waals surface area contributed by atoms with Crippen LogP contribution in [0.4, 0.5) is 5.69 Å². The molecule has 0 fully saturated rings. The van der Waals surface area contributed by atoms with Crippen molar-refractivity contribution >= 4 is 66.7 Å². The number of hydrogen-bond donors (Lipinski definition) is 1. The van der Waals surface area contributed by atoms with Crippen molar-refractivity contribution in [2.24, 2.45) is 0 Å². The van der Waals surface area contributed by atoms with Crippen molar-refractivity contribution in [3.8, 4) is 0 Å². The van der Waals surface area contributed by atoms with Crippen molar-refractivity contribution in [3.63, 3.8) is 0 Å². The molecule has 0 radical (unpaired) electrons. The second kappa shape index (κ2) is 13.5. The molecule has 11 heteroatoms. The van der Waals surface area contributed by atoms with Gasteiger partial charge in [-0.3, -0.25) is 13.9 Å². The Labute approximate surface area is 241 Å². The smallest absolute Gasteiger partial charge is 0.244 e. The number of sulfonamides is 1. The average molecular weight is 641 g/mol. The fourth-order valence-electron chi connectivity index (χ4n) is 3.92. The molecule has 0 spiro atoms. The van der Waals surface area contributed by atoms with Gasteiger partial charge in [-0.2, -0.15) is 0 Å². The zero-order valence-corrected chi connectivity index (χ0v) is 24.8. The Kier molecular flexibility index (Phi) is 10.6. The summed E-state index contributed by atoms with van der Waals surface area (Å²) in [7, 11) is -3.85. The maximum absolute atomic E-state index is 14.0. The van der Waals surface area contributed by atoms with Gasteiger partial charge in [-0.05, 0) is 48.9 Å². The lowest BCUT2D eigenvalue weighted by Gasteiger charge is -2.33. The van der Waals surface area contributed by atoms with Crippen LogP contribution in [-0.2, 0) is 32.6 Å². The van der Waals surface area contributed by atoms with E-state index in [-0.39, 0.29) is 18.9 Å². The third-order valence-electron chi connectivity index (χ3n) is 5.81. The standard InChI is InChI=1S/C27H28BrCl2N3O4S/c1-3-31-27(35)25(16-19-8-5-4-6-9-19)32(17-22-23(29)10-7-11-24(22)30)26(34)18-33(38(2,36)37)21-14-12-20(28)13-15-21/h4-15,25H,3,16-18H2,1-2H3,(H,31,35)/t25-/m1/s1. The minimum absolute atomic E-state index is 0.0933. The highest BCUT2D eigenvalue weighted by molar-refractivity contribution is 9.10. The van der Waals surface area contributed by atoms with E-state index in [4.69, 9.17) is 23.2 Å². The van der Waals surface area contributed by atoms with Crippen LogP contribution in [0.5, 0.6) is 0 Å². The predicted octanol–water partition coefficient (Wildman–Crippen LogP) is 5.30. The SMILES string of the molecule is CCNC(=O)[C@@H](Cc1ccccc1)N(Cc1c(Cl)cccc1Cl)C(=O)CN(c1ccc(Br)cc1)S(C)(=O)=O. The zero-order chi connectivity index (χ0) is 27.9. The monoisotopic (exact) mass is 639 g/mol. The second-order valence-electron chi connectivity index (χ2n) is 8.57. The van der Waals surface area contributed by atoms with E-state index in [1.54, 1.807) is 49.4 Å². The molecule has 2 amide bonds. The highest BCUT2D eigenvalue weighted by atomic mass is 79.9. The van der Waals surface area contributed by atoms with E-state index < -0.39 is 28.5 Å². The molecular formula is C27H28BrCl2N3O4S. The summed E-state index contributed by atoms with van der Waals surface area (Å²) in [5.41, 5.74) is 1.61. The van der Waals surface area contributed by atoms with E-state index in [0.717, 1.165) is 20.6 Å². The van der Waals surface area contributed by atoms with Crippen LogP contribution >= 0.6 is 39.1 Å². The highest BCUT2D eigenvalue weighted by Gasteiger charge is 2.33. The molecule has 1 atom stereocenters. The van der Waals surface area contributed by atoms with E-state index in [0.29, 0.717) is 27.8 Å². The van der Waals surface area contributed by atoms with Crippen LogP contribution < -0.4 is 9.62 Å². The quantitative estimate of drug-likeness (QED) is 0.308. The number of rotatable bonds is 11. The molecular weight excluding hydrogens is 613 g/mol. The Morgan fingerprint density at radius 1 is 0.947 bits per heavy atom. The average Bonchev–Trinajstić information content (AvgIpc) is 2.87. The lowest BCUT2D eigenvalue weighted by molar-refractivity contribution is -0.140. The van der Waals surface area contributed by atoms with E-state index in [1.165, 1.54) is 4.90 Å². The molecule has 0 saturated heterocycles. The Hall–Kier alpha value is -2.59. The van der Waals surface area contributed by atoms with Gasteiger partial charge in [0.25, 0.3) is 0 Å². The lowest BCUT2D eigenvalue weighted by atomic mass is 10.0. The molecule has 3 aromatic carbocycles. The number of anilines is 1. The first kappa shape index (κ1) is 30.0. The molecule has 3 rings (SSSR count). The molecule has 0 aromatic heterocycles. The molecule has 0 bridgehead atoms. The number of hydrogen-bond acceptors (Lipinski definition) is 4. The third kappa shape index (κ3) is 7.96. The van der Waals surface area contributed by atoms with Crippen molar-refractivity contribution in [1.82, 2.24) is 10.2 Å². The number of carbonyl (C=O) groups excluding carboxylic acids is 2. The molecule has 3 aromatic rings. The van der Waals surface area contributed by atoms with Gasteiger partial charge in [0.15, 0.2) is 0 Å². The first-order valence-corrected chi connectivity index (χ1v) is 15.2. The fourth-order valence-corrected chi connectivity index (χ4v) is 5.55. The van der Waals surface area contributed by atoms with E-state index in [9.17, 15) is 18.0 Å². The summed E-state index contributed by atoms with van der Waals surface area (Å²) in [6.07, 6.45) is 1.24. The summed E-state index contributed by atoms with van der Waals surface area (Å²) in [6.45, 7) is 1.53. The number of nitrogens with one attached hydrogen (secondary N) is 1. The van der Waals surface area contributed by atoms with Crippen LogP contribution in [0.2, 0.25) is 10.0 Å². The summed E-state index contributed by atoms with van der Waals surface area (Å²) >= 11 is 16.2. The Morgan fingerprint density at radius 3 is 2.11 bits per heavy atom. The van der Waals surface area contributed by atoms with Gasteiger partial charge in [-0.25, -0.2) is 8.42 Å². The van der Waals surface area contributed by atoms with Gasteiger partial charge in [0.05, 0.1) is 11.9 Å². The Morgan fingerprint density at radius 2 is 1.55 bits per heavy atom. The van der Waals surface area contributed by atoms with E-state index in [1.807, 2.05) is 30.3 Å². The van der Waals surface area contributed by atoms with E-state index >= 15 is 0 Å². The van der Waals surface area contributed by atoms with Gasteiger partial charge < -0.3 is 10.2 Å². The van der Waals surface area contributed by atoms with Crippen molar-refractivity contribution in [2.45, 2.75) is 25.9 Å². The Bertz CT molecular complexity index is 1350. The van der Waals surface area contributed by atoms with Crippen LogP contribution in [0.1, 0.15) is 18.1 Å². The number of halogens is 3. The first-order valence-electron chi connectivity index (χ1n) is 11.8. The van der Waals surface area contributed by atoms with Gasteiger partial charge in [-0.1, -0.05) is 75.5 Å². The molecule has 0 aliphatic carbocycles. The molecule has 0 unspecified atom stereocenters. The van der Waals surface area contributed by atoms with Crippen molar-refractivity contribution in [2.75, 3.05) is 23.7 Å². The van der Waals surface area contributed by atoms with Crippen LogP contribution in [0.25, 0.3) is 0 Å². The molecule has 0 aliphatic heterocycles. The molecule has 7 nitrogen and oxygen atoms in total. The van der Waals surface area contributed by atoms with Gasteiger partial charge >= 0.3 is 0 Å². The van der Waals surface area contributed by atoms with E-state index in [2.05, 4.69) is 21.2 Å². The summed E-state index contributed by atoms with van der Waals surface area (Å²) in [5, 5.41) is 3.46. The normalized spacial score (nSPS) is 12.0. The lowest BCUT2D eigenvalue weighted by Crippen LogP contribution is -2.53. The van der Waals surface area contributed by atoms with Crippen LogP contribution in [0, 0.1) is 0 Å². The maximum atomic E-state index is 14.0. The van der Waals surface area contributed by atoms with Gasteiger partial charge in [0.2, 0.25) is 21.8 Å². The minimum atomic E-state index is -3.85. The largest absolute Gasteiger partial charge is 0.355 e. The summed E-state index contributed by atoms with van der Waals surface area (Å²) in [6, 6.07) is 19.9. The third-order valence-corrected chi connectivity index (χ3v) is 8.18. The highest BCUT2D eigenvalue weighted by Crippen LogP contribution is 2.28. The summed E-state index contributed by atoms with van der Waals surface area (Å²) < 4.78 is 27.3. The maximum Gasteiger partial charge on any atom is 0.244 e. The van der Waals surface area contributed by atoms with Crippen LogP contribution in [-0.4, -0.2) is 50.5 Å². The van der Waals surface area contributed by atoms with Gasteiger partial charge in [0, 0.05) is 39.6 Å². The molecule has 1 N–H and O–H groups in total. The number of likely N-dealkylation sites (N-methyl/N-ethyl adjacent to an activating group) is 1. The molecule has 0 aliphatic rings. The van der Waals surface area contributed by atoms with Crippen molar-refractivity contribution in [1.29, 1.82) is 0 Å². The number of amides is 2. The fraction of sp³-hybridized carbons (Fsp3) is 0.259. The Balaban J connectivity index is 2.08. The zero-order valence-electron chi connectivity index (χ0n) is 20.9. The first-order chi connectivity index (χ1) is 18.0. The van der Waals surface area contributed by atoms with Crippen molar-refractivity contribution in [3.05, 3.63) is 98.4 Å². The molecule has 0 saturated carbocycles. The number of nitrogens with zero attached hydrogens (tertiary/aromatic N) is 2. The topological polar surface area (TPSA) is 86.8 Å². The second-order valence-corrected chi connectivity index (χ2v) is 12.2. The summed E-state index contributed by atoms with van der Waals surface area (Å²) in [4.78, 5) is 28.6. The molecule has 38 heavy (non-hydrogen) atoms. The summed E-state index contributed by atoms with van der Waals surface area (Å²) in [5.74, 6) is -0.955. The van der Waals surface area contributed by atoms with Crippen LogP contribution in [0.3, 0.4) is 0 Å². The molecule has 202 valence electrons. The number of benzene rings is 3. The van der Waals surface area contributed by atoms with Crippen molar-refractivity contribution < 1.29 is 18.0 Å². The van der Waals surface area contributed by atoms with Gasteiger partial charge in [-0.15, -0.1) is 0 Å². The molecule has 0 heterocycles. The van der Waals surface area contributed by atoms with Gasteiger partial charge in [0.1, 0.15) is 12.6 Å². The minimum Gasteiger partial charge on any atom is -0.355 e.